The van der Waals surface area contributed by atoms with Crippen molar-refractivity contribution < 1.29 is 0 Å². The van der Waals surface area contributed by atoms with Crippen LogP contribution in [-0.4, -0.2) is 25.2 Å². The van der Waals surface area contributed by atoms with Crippen LogP contribution in [0, 0.1) is 0 Å². The molecule has 1 heterocycles. The van der Waals surface area contributed by atoms with Gasteiger partial charge in [-0.3, -0.25) is 0 Å². The second-order valence-corrected chi connectivity index (χ2v) is 5.87. The number of benzene rings is 2. The lowest BCUT2D eigenvalue weighted by Gasteiger charge is -2.21. The van der Waals surface area contributed by atoms with Crippen LogP contribution in [0.25, 0.3) is 10.8 Å². The summed E-state index contributed by atoms with van der Waals surface area (Å²) in [6.07, 6.45) is 4.04. The maximum absolute atomic E-state index is 3.76. The first kappa shape index (κ1) is 11.3. The summed E-state index contributed by atoms with van der Waals surface area (Å²) in [5.74, 6) is 0. The van der Waals surface area contributed by atoms with Gasteiger partial charge in [0.25, 0.3) is 0 Å². The molecule has 0 spiro atoms. The van der Waals surface area contributed by atoms with Crippen LogP contribution in [0.2, 0.25) is 0 Å². The zero-order valence-corrected chi connectivity index (χ0v) is 11.2. The Balaban J connectivity index is 1.60. The van der Waals surface area contributed by atoms with E-state index >= 15 is 0 Å². The first-order valence-electron chi connectivity index (χ1n) is 7.39. The lowest BCUT2D eigenvalue weighted by molar-refractivity contribution is 0.548. The smallest absolute Gasteiger partial charge is 0.0446 e. The molecule has 98 valence electrons. The van der Waals surface area contributed by atoms with Crippen LogP contribution in [0.1, 0.15) is 19.3 Å². The molecule has 0 bridgehead atoms. The zero-order chi connectivity index (χ0) is 12.7. The van der Waals surface area contributed by atoms with Gasteiger partial charge in [0.2, 0.25) is 0 Å². The Hall–Kier alpha value is -1.54. The number of anilines is 1. The Morgan fingerprint density at radius 2 is 1.74 bits per heavy atom. The highest BCUT2D eigenvalue weighted by Gasteiger charge is 2.29. The summed E-state index contributed by atoms with van der Waals surface area (Å²) in [6, 6.07) is 16.9. The largest absolute Gasteiger partial charge is 0.369 e. The Morgan fingerprint density at radius 1 is 0.895 bits per heavy atom. The molecule has 1 aliphatic heterocycles. The van der Waals surface area contributed by atoms with Gasteiger partial charge in [0.05, 0.1) is 0 Å². The van der Waals surface area contributed by atoms with Crippen LogP contribution < -0.4 is 10.2 Å². The van der Waals surface area contributed by atoms with E-state index in [-0.39, 0.29) is 0 Å². The predicted molar refractivity (Wildman–Crippen MR) is 80.7 cm³/mol. The lowest BCUT2D eigenvalue weighted by Crippen LogP contribution is -2.33. The van der Waals surface area contributed by atoms with Gasteiger partial charge in [-0.1, -0.05) is 36.4 Å². The van der Waals surface area contributed by atoms with Crippen LogP contribution in [-0.2, 0) is 0 Å². The summed E-state index contributed by atoms with van der Waals surface area (Å²) in [6.45, 7) is 2.34. The molecule has 1 saturated heterocycles. The minimum Gasteiger partial charge on any atom is -0.369 e. The van der Waals surface area contributed by atoms with Gasteiger partial charge in [-0.15, -0.1) is 0 Å². The average Bonchev–Trinajstić information content (AvgIpc) is 3.14. The zero-order valence-electron chi connectivity index (χ0n) is 11.2. The number of hydrogen-bond donors (Lipinski definition) is 1. The van der Waals surface area contributed by atoms with Crippen LogP contribution in [0.15, 0.2) is 42.5 Å². The number of nitrogens with zero attached hydrogens (tertiary/aromatic N) is 1. The van der Waals surface area contributed by atoms with Gasteiger partial charge >= 0.3 is 0 Å². The van der Waals surface area contributed by atoms with Gasteiger partial charge in [-0.05, 0) is 30.7 Å². The predicted octanol–water partition coefficient (Wildman–Crippen LogP) is 3.17. The van der Waals surface area contributed by atoms with E-state index in [4.69, 9.17) is 0 Å². The summed E-state index contributed by atoms with van der Waals surface area (Å²) < 4.78 is 0. The number of rotatable bonds is 3. The van der Waals surface area contributed by atoms with E-state index in [1.807, 2.05) is 0 Å². The molecular weight excluding hydrogens is 232 g/mol. The third-order valence-electron chi connectivity index (χ3n) is 4.34. The lowest BCUT2D eigenvalue weighted by atomic mass is 10.1. The normalized spacial score (nSPS) is 23.2. The van der Waals surface area contributed by atoms with Gasteiger partial charge in [-0.2, -0.15) is 0 Å². The van der Waals surface area contributed by atoms with Crippen molar-refractivity contribution in [3.05, 3.63) is 42.5 Å². The molecule has 2 nitrogen and oxygen atoms in total. The summed E-state index contributed by atoms with van der Waals surface area (Å²) in [4.78, 5) is 2.54. The summed E-state index contributed by atoms with van der Waals surface area (Å²) >= 11 is 0. The molecule has 1 saturated carbocycles. The highest BCUT2D eigenvalue weighted by molar-refractivity contribution is 5.94. The first-order chi connectivity index (χ1) is 9.40. The monoisotopic (exact) mass is 252 g/mol. The van der Waals surface area contributed by atoms with Gasteiger partial charge in [0.1, 0.15) is 0 Å². The quantitative estimate of drug-likeness (QED) is 0.902. The minimum atomic E-state index is 0.687. The van der Waals surface area contributed by atoms with Gasteiger partial charge in [0.15, 0.2) is 0 Å². The Kier molecular flexibility index (Phi) is 2.70. The number of fused-ring (bicyclic) bond motifs is 1. The molecule has 1 N–H and O–H groups in total. The second-order valence-electron chi connectivity index (χ2n) is 5.87. The molecule has 0 radical (unpaired) electrons. The maximum atomic E-state index is 3.76. The van der Waals surface area contributed by atoms with E-state index in [9.17, 15) is 0 Å². The Morgan fingerprint density at radius 3 is 2.63 bits per heavy atom. The SMILES string of the molecule is c1ccc2c(N3CCC(NC4CC4)C3)cccc2c1. The van der Waals surface area contributed by atoms with Crippen molar-refractivity contribution >= 4 is 16.5 Å². The van der Waals surface area contributed by atoms with Crippen molar-refractivity contribution in [3.8, 4) is 0 Å². The van der Waals surface area contributed by atoms with Crippen molar-refractivity contribution in [1.82, 2.24) is 5.32 Å². The molecule has 0 aromatic heterocycles. The van der Waals surface area contributed by atoms with E-state index in [1.54, 1.807) is 0 Å². The van der Waals surface area contributed by atoms with Crippen molar-refractivity contribution in [2.24, 2.45) is 0 Å². The average molecular weight is 252 g/mol. The highest BCUT2D eigenvalue weighted by Crippen LogP contribution is 2.30. The molecular formula is C17H20N2. The molecule has 2 aliphatic rings. The van der Waals surface area contributed by atoms with Crippen LogP contribution in [0.3, 0.4) is 0 Å². The molecule has 0 amide bonds. The standard InChI is InChI=1S/C17H20N2/c1-2-6-16-13(4-1)5-3-7-17(16)19-11-10-15(12-19)18-14-8-9-14/h1-7,14-15,18H,8-12H2. The van der Waals surface area contributed by atoms with Crippen LogP contribution in [0.5, 0.6) is 0 Å². The van der Waals surface area contributed by atoms with E-state index in [1.165, 1.54) is 42.3 Å². The van der Waals surface area contributed by atoms with Crippen LogP contribution >= 0.6 is 0 Å². The van der Waals surface area contributed by atoms with Crippen molar-refractivity contribution in [3.63, 3.8) is 0 Å². The maximum Gasteiger partial charge on any atom is 0.0446 e. The third kappa shape index (κ3) is 2.21. The van der Waals surface area contributed by atoms with Gasteiger partial charge in [0, 0.05) is 36.2 Å². The minimum absolute atomic E-state index is 0.687. The molecule has 19 heavy (non-hydrogen) atoms. The van der Waals surface area contributed by atoms with Gasteiger partial charge < -0.3 is 10.2 Å². The molecule has 4 rings (SSSR count). The molecule has 1 atom stereocenters. The summed E-state index contributed by atoms with van der Waals surface area (Å²) in [5, 5.41) is 6.49. The van der Waals surface area contributed by atoms with E-state index < -0.39 is 0 Å². The van der Waals surface area contributed by atoms with E-state index in [0.717, 1.165) is 12.6 Å². The Bertz CT molecular complexity index is 583. The van der Waals surface area contributed by atoms with Crippen molar-refractivity contribution in [1.29, 1.82) is 0 Å². The van der Waals surface area contributed by atoms with E-state index in [0.29, 0.717) is 6.04 Å². The first-order valence-corrected chi connectivity index (χ1v) is 7.39. The topological polar surface area (TPSA) is 15.3 Å². The van der Waals surface area contributed by atoms with Gasteiger partial charge in [-0.25, -0.2) is 0 Å². The number of hydrogen-bond acceptors (Lipinski definition) is 2. The fourth-order valence-electron chi connectivity index (χ4n) is 3.18. The number of nitrogens with one attached hydrogen (secondary N) is 1. The summed E-state index contributed by atoms with van der Waals surface area (Å²) in [5.41, 5.74) is 1.40. The molecule has 1 aliphatic carbocycles. The van der Waals surface area contributed by atoms with Crippen molar-refractivity contribution in [2.75, 3.05) is 18.0 Å². The molecule has 1 unspecified atom stereocenters. The van der Waals surface area contributed by atoms with E-state index in [2.05, 4.69) is 52.7 Å². The summed E-state index contributed by atoms with van der Waals surface area (Å²) in [7, 11) is 0. The van der Waals surface area contributed by atoms with Crippen molar-refractivity contribution in [2.45, 2.75) is 31.3 Å². The molecule has 2 aromatic carbocycles. The highest BCUT2D eigenvalue weighted by atomic mass is 15.2. The Labute approximate surface area is 114 Å². The molecule has 2 heteroatoms. The molecule has 2 fully saturated rings. The fourth-order valence-corrected chi connectivity index (χ4v) is 3.18. The molecule has 2 aromatic rings. The fraction of sp³-hybridized carbons (Fsp3) is 0.412. The second kappa shape index (κ2) is 4.53. The van der Waals surface area contributed by atoms with Crippen LogP contribution in [0.4, 0.5) is 5.69 Å². The third-order valence-corrected chi connectivity index (χ3v) is 4.34.